The molecule has 0 bridgehead atoms. The van der Waals surface area contributed by atoms with Gasteiger partial charge in [0, 0.05) is 6.04 Å². The number of rotatable bonds is 2. The maximum absolute atomic E-state index is 10.9. The fourth-order valence-corrected chi connectivity index (χ4v) is 2.67. The van der Waals surface area contributed by atoms with Crippen LogP contribution in [0.2, 0.25) is 0 Å². The van der Waals surface area contributed by atoms with Gasteiger partial charge in [-0.05, 0) is 12.8 Å². The Morgan fingerprint density at radius 2 is 1.83 bits per heavy atom. The fraction of sp³-hybridized carbons (Fsp3) is 1.00. The lowest BCUT2D eigenvalue weighted by Crippen LogP contribution is -2.36. The molecule has 74 valence electrons. The molecule has 0 aromatic rings. The van der Waals surface area contributed by atoms with Crippen molar-refractivity contribution in [2.45, 2.75) is 18.9 Å². The van der Waals surface area contributed by atoms with Gasteiger partial charge in [0.25, 0.3) is 0 Å². The Morgan fingerprint density at radius 1 is 1.33 bits per heavy atom. The second-order valence-corrected chi connectivity index (χ2v) is 5.05. The van der Waals surface area contributed by atoms with E-state index in [2.05, 4.69) is 5.48 Å². The summed E-state index contributed by atoms with van der Waals surface area (Å²) < 4.78 is 21.9. The van der Waals surface area contributed by atoms with E-state index in [1.807, 2.05) is 0 Å². The fourth-order valence-electron chi connectivity index (χ4n) is 1.17. The van der Waals surface area contributed by atoms with Crippen LogP contribution in [0, 0.1) is 0 Å². The summed E-state index contributed by atoms with van der Waals surface area (Å²) >= 11 is 0. The highest BCUT2D eigenvalue weighted by molar-refractivity contribution is 7.91. The Kier molecular flexibility index (Phi) is 5.08. The number of halogens is 1. The summed E-state index contributed by atoms with van der Waals surface area (Å²) in [4.78, 5) is 4.70. The van der Waals surface area contributed by atoms with E-state index in [9.17, 15) is 8.42 Å². The minimum Gasteiger partial charge on any atom is -0.305 e. The first kappa shape index (κ1) is 12.2. The highest BCUT2D eigenvalue weighted by Gasteiger charge is 2.22. The summed E-state index contributed by atoms with van der Waals surface area (Å²) in [5.74, 6) is 0.571. The molecular weight excluding hydrogens is 202 g/mol. The molecule has 6 heteroatoms. The highest BCUT2D eigenvalue weighted by Crippen LogP contribution is 2.11. The van der Waals surface area contributed by atoms with Gasteiger partial charge in [-0.3, -0.25) is 0 Å². The molecule has 1 N–H and O–H groups in total. The van der Waals surface area contributed by atoms with E-state index in [1.54, 1.807) is 7.11 Å². The molecule has 12 heavy (non-hydrogen) atoms. The van der Waals surface area contributed by atoms with Crippen molar-refractivity contribution in [3.8, 4) is 0 Å². The van der Waals surface area contributed by atoms with E-state index in [4.69, 9.17) is 4.84 Å². The van der Waals surface area contributed by atoms with Crippen LogP contribution in [0.5, 0.6) is 0 Å². The molecular formula is C6H14ClNO3S. The van der Waals surface area contributed by atoms with Gasteiger partial charge in [0.05, 0.1) is 18.6 Å². The van der Waals surface area contributed by atoms with Crippen molar-refractivity contribution in [1.82, 2.24) is 5.48 Å². The topological polar surface area (TPSA) is 55.4 Å². The minimum absolute atomic E-state index is 0. The lowest BCUT2D eigenvalue weighted by Gasteiger charge is -2.21. The number of nitrogens with one attached hydrogen (secondary N) is 1. The zero-order valence-corrected chi connectivity index (χ0v) is 8.58. The van der Waals surface area contributed by atoms with Crippen molar-refractivity contribution in [1.29, 1.82) is 0 Å². The lowest BCUT2D eigenvalue weighted by atomic mass is 10.2. The monoisotopic (exact) mass is 215 g/mol. The van der Waals surface area contributed by atoms with Crippen molar-refractivity contribution in [2.75, 3.05) is 18.6 Å². The van der Waals surface area contributed by atoms with Gasteiger partial charge in [0.15, 0.2) is 0 Å². The molecule has 1 fully saturated rings. The zero-order valence-electron chi connectivity index (χ0n) is 6.95. The number of hydrogen-bond donors (Lipinski definition) is 1. The summed E-state index contributed by atoms with van der Waals surface area (Å²) in [5, 5.41) is 0. The van der Waals surface area contributed by atoms with Gasteiger partial charge in [-0.25, -0.2) is 8.42 Å². The molecule has 0 spiro atoms. The summed E-state index contributed by atoms with van der Waals surface area (Å²) in [5.41, 5.74) is 2.76. The third kappa shape index (κ3) is 3.71. The SMILES string of the molecule is CONC1CCS(=O)(=O)CC1.Cl. The van der Waals surface area contributed by atoms with Crippen LogP contribution < -0.4 is 5.48 Å². The van der Waals surface area contributed by atoms with Crippen LogP contribution in [0.4, 0.5) is 0 Å². The standard InChI is InChI=1S/C6H13NO3S.ClH/c1-10-7-6-2-4-11(8,9)5-3-6;/h6-7H,2-5H2,1H3;1H. The third-order valence-corrected chi connectivity index (χ3v) is 3.55. The Morgan fingerprint density at radius 3 is 2.25 bits per heavy atom. The molecule has 0 aliphatic carbocycles. The maximum atomic E-state index is 10.9. The third-order valence-electron chi connectivity index (χ3n) is 1.84. The molecule has 0 amide bonds. The van der Waals surface area contributed by atoms with Crippen LogP contribution in [-0.2, 0) is 14.7 Å². The summed E-state index contributed by atoms with van der Waals surface area (Å²) in [7, 11) is -1.18. The molecule has 1 aliphatic heterocycles. The molecule has 0 saturated carbocycles. The molecule has 0 aromatic heterocycles. The van der Waals surface area contributed by atoms with E-state index in [1.165, 1.54) is 0 Å². The van der Waals surface area contributed by atoms with Crippen LogP contribution in [0.25, 0.3) is 0 Å². The van der Waals surface area contributed by atoms with Gasteiger partial charge in [-0.2, -0.15) is 5.48 Å². The van der Waals surface area contributed by atoms with Crippen molar-refractivity contribution < 1.29 is 13.3 Å². The molecule has 1 aliphatic rings. The van der Waals surface area contributed by atoms with Gasteiger partial charge < -0.3 is 4.84 Å². The summed E-state index contributed by atoms with van der Waals surface area (Å²) in [6.45, 7) is 0. The Labute approximate surface area is 79.0 Å². The predicted molar refractivity (Wildman–Crippen MR) is 49.1 cm³/mol. The molecule has 1 saturated heterocycles. The van der Waals surface area contributed by atoms with Crippen LogP contribution in [-0.4, -0.2) is 33.1 Å². The molecule has 0 aromatic carbocycles. The maximum Gasteiger partial charge on any atom is 0.150 e. The molecule has 1 heterocycles. The minimum atomic E-state index is -2.73. The van der Waals surface area contributed by atoms with Crippen LogP contribution >= 0.6 is 12.4 Å². The van der Waals surface area contributed by atoms with E-state index in [-0.39, 0.29) is 30.0 Å². The van der Waals surface area contributed by atoms with Gasteiger partial charge in [-0.1, -0.05) is 0 Å². The Balaban J connectivity index is 0.00000121. The van der Waals surface area contributed by atoms with Crippen molar-refractivity contribution in [3.63, 3.8) is 0 Å². The molecule has 1 rings (SSSR count). The molecule has 0 atom stereocenters. The number of hydroxylamine groups is 1. The number of sulfone groups is 1. The second kappa shape index (κ2) is 5.01. The normalized spacial score (nSPS) is 23.1. The van der Waals surface area contributed by atoms with E-state index in [0.29, 0.717) is 12.8 Å². The second-order valence-electron chi connectivity index (χ2n) is 2.75. The Hall–Kier alpha value is 0.160. The van der Waals surface area contributed by atoms with E-state index < -0.39 is 9.84 Å². The van der Waals surface area contributed by atoms with Crippen LogP contribution in [0.1, 0.15) is 12.8 Å². The first-order valence-corrected chi connectivity index (χ1v) is 5.45. The van der Waals surface area contributed by atoms with Crippen LogP contribution in [0.3, 0.4) is 0 Å². The predicted octanol–water partition coefficient (Wildman–Crippen LogP) is 0.136. The van der Waals surface area contributed by atoms with Gasteiger partial charge >= 0.3 is 0 Å². The Bertz CT molecular complexity index is 203. The van der Waals surface area contributed by atoms with Crippen LogP contribution in [0.15, 0.2) is 0 Å². The average molecular weight is 216 g/mol. The first-order valence-electron chi connectivity index (χ1n) is 3.63. The largest absolute Gasteiger partial charge is 0.305 e. The van der Waals surface area contributed by atoms with Gasteiger partial charge in [-0.15, -0.1) is 12.4 Å². The highest BCUT2D eigenvalue weighted by atomic mass is 35.5. The molecule has 0 radical (unpaired) electrons. The number of hydrogen-bond acceptors (Lipinski definition) is 4. The zero-order chi connectivity index (χ0) is 8.32. The molecule has 0 unspecified atom stereocenters. The van der Waals surface area contributed by atoms with Crippen molar-refractivity contribution >= 4 is 22.2 Å². The summed E-state index contributed by atoms with van der Waals surface area (Å²) in [6, 6.07) is 0.212. The van der Waals surface area contributed by atoms with E-state index >= 15 is 0 Å². The first-order chi connectivity index (χ1) is 5.14. The quantitative estimate of drug-likeness (QED) is 0.666. The van der Waals surface area contributed by atoms with Crippen molar-refractivity contribution in [2.24, 2.45) is 0 Å². The smallest absolute Gasteiger partial charge is 0.150 e. The lowest BCUT2D eigenvalue weighted by molar-refractivity contribution is 0.0578. The van der Waals surface area contributed by atoms with Crippen molar-refractivity contribution in [3.05, 3.63) is 0 Å². The van der Waals surface area contributed by atoms with Gasteiger partial charge in [0.2, 0.25) is 0 Å². The average Bonchev–Trinajstić information content (AvgIpc) is 1.94. The molecule has 4 nitrogen and oxygen atoms in total. The van der Waals surface area contributed by atoms with Gasteiger partial charge in [0.1, 0.15) is 9.84 Å². The van der Waals surface area contributed by atoms with E-state index in [0.717, 1.165) is 0 Å². The summed E-state index contributed by atoms with van der Waals surface area (Å²) in [6.07, 6.45) is 1.33.